The first-order valence-electron chi connectivity index (χ1n) is 14.1. The maximum absolute atomic E-state index is 4.55. The number of aryl methyl sites for hydroxylation is 3. The molecule has 0 atom stereocenters. The second kappa shape index (κ2) is 15.1. The van der Waals surface area contributed by atoms with Crippen molar-refractivity contribution in [3.8, 4) is 44.9 Å². The molecule has 0 saturated heterocycles. The van der Waals surface area contributed by atoms with Crippen molar-refractivity contribution >= 4 is 0 Å². The van der Waals surface area contributed by atoms with Crippen molar-refractivity contribution in [2.45, 2.75) is 33.6 Å². The zero-order valence-corrected chi connectivity index (χ0v) is 26.5. The van der Waals surface area contributed by atoms with Gasteiger partial charge in [-0.2, -0.15) is 0 Å². The molecule has 0 N–H and O–H groups in total. The van der Waals surface area contributed by atoms with Crippen LogP contribution in [0.25, 0.3) is 44.9 Å². The maximum atomic E-state index is 4.55. The molecule has 0 amide bonds. The molecule has 0 saturated carbocycles. The summed E-state index contributed by atoms with van der Waals surface area (Å²) >= 11 is 0. The van der Waals surface area contributed by atoms with Gasteiger partial charge in [-0.3, -0.25) is 9.97 Å². The Labute approximate surface area is 263 Å². The second-order valence-corrected chi connectivity index (χ2v) is 9.83. The fourth-order valence-corrected chi connectivity index (χ4v) is 4.58. The van der Waals surface area contributed by atoms with Gasteiger partial charge >= 0.3 is 0 Å². The van der Waals surface area contributed by atoms with E-state index in [0.717, 1.165) is 46.6 Å². The minimum absolute atomic E-state index is 0. The van der Waals surface area contributed by atoms with Crippen LogP contribution in [0.1, 0.15) is 30.5 Å². The Bertz CT molecular complexity index is 1680. The van der Waals surface area contributed by atoms with Crippen LogP contribution < -0.4 is 0 Å². The zero-order valence-electron chi connectivity index (χ0n) is 24.1. The summed E-state index contributed by atoms with van der Waals surface area (Å²) in [6.07, 6.45) is 7.71. The monoisotopic (exact) mass is 724 g/mol. The number of hydrogen-bond donors (Lipinski definition) is 0. The molecule has 6 rings (SSSR count). The summed E-state index contributed by atoms with van der Waals surface area (Å²) in [5.74, 6) is 0.722. The topological polar surface area (TPSA) is 38.7 Å². The van der Waals surface area contributed by atoms with Crippen molar-refractivity contribution in [3.05, 3.63) is 151 Å². The van der Waals surface area contributed by atoms with Gasteiger partial charge in [0, 0.05) is 38.7 Å². The summed E-state index contributed by atoms with van der Waals surface area (Å²) < 4.78 is 0. The summed E-state index contributed by atoms with van der Waals surface area (Å²) in [5.41, 5.74) is 11.4. The summed E-state index contributed by atoms with van der Waals surface area (Å²) in [6.45, 7) is 6.40. The van der Waals surface area contributed by atoms with E-state index in [9.17, 15) is 0 Å². The average molecular weight is 724 g/mol. The van der Waals surface area contributed by atoms with Crippen molar-refractivity contribution in [1.29, 1.82) is 0 Å². The Morgan fingerprint density at radius 3 is 1.83 bits per heavy atom. The Hall–Kier alpha value is -4.24. The molecule has 2 heterocycles. The molecule has 42 heavy (non-hydrogen) atoms. The number of rotatable bonds is 6. The molecule has 4 aromatic carbocycles. The SMILES string of the molecule is CCc1cnc(-c2[c-]cc(-c3ccccc3)cc2)cc1C.CCc1cnc(-c2[c-]ccc(-c3ccccc3)c2)nc1.[Ir]. The van der Waals surface area contributed by atoms with Gasteiger partial charge in [0.25, 0.3) is 0 Å². The van der Waals surface area contributed by atoms with Gasteiger partial charge in [-0.25, -0.2) is 0 Å². The third-order valence-corrected chi connectivity index (χ3v) is 7.06. The van der Waals surface area contributed by atoms with Gasteiger partial charge in [-0.1, -0.05) is 97.3 Å². The van der Waals surface area contributed by atoms with E-state index >= 15 is 0 Å². The van der Waals surface area contributed by atoms with Gasteiger partial charge < -0.3 is 4.98 Å². The second-order valence-electron chi connectivity index (χ2n) is 9.83. The Morgan fingerprint density at radius 1 is 0.595 bits per heavy atom. The molecular formula is C38H33IrN3-2. The Kier molecular flexibility index (Phi) is 11.1. The first kappa shape index (κ1) is 30.7. The Balaban J connectivity index is 0.000000189. The fourth-order valence-electron chi connectivity index (χ4n) is 4.58. The third-order valence-electron chi connectivity index (χ3n) is 7.06. The normalized spacial score (nSPS) is 10.3. The molecule has 0 spiro atoms. The predicted octanol–water partition coefficient (Wildman–Crippen LogP) is 9.26. The molecule has 6 aromatic rings. The van der Waals surface area contributed by atoms with Crippen molar-refractivity contribution in [2.24, 2.45) is 0 Å². The predicted molar refractivity (Wildman–Crippen MR) is 169 cm³/mol. The van der Waals surface area contributed by atoms with E-state index in [1.54, 1.807) is 0 Å². The van der Waals surface area contributed by atoms with Gasteiger partial charge in [0.2, 0.25) is 0 Å². The number of aromatic nitrogens is 3. The average Bonchev–Trinajstić information content (AvgIpc) is 3.06. The van der Waals surface area contributed by atoms with Crippen LogP contribution in [0.15, 0.2) is 122 Å². The molecule has 4 heteroatoms. The van der Waals surface area contributed by atoms with Crippen LogP contribution >= 0.6 is 0 Å². The first-order valence-corrected chi connectivity index (χ1v) is 14.1. The minimum atomic E-state index is 0. The summed E-state index contributed by atoms with van der Waals surface area (Å²) in [5, 5.41) is 0. The van der Waals surface area contributed by atoms with E-state index in [0.29, 0.717) is 0 Å². The molecule has 211 valence electrons. The first-order chi connectivity index (χ1) is 20.1. The van der Waals surface area contributed by atoms with Crippen molar-refractivity contribution in [1.82, 2.24) is 15.0 Å². The van der Waals surface area contributed by atoms with E-state index in [1.165, 1.54) is 27.8 Å². The number of nitrogens with zero attached hydrogens (tertiary/aromatic N) is 3. The summed E-state index contributed by atoms with van der Waals surface area (Å²) in [4.78, 5) is 13.4. The number of hydrogen-bond acceptors (Lipinski definition) is 3. The van der Waals surface area contributed by atoms with Crippen molar-refractivity contribution < 1.29 is 20.1 Å². The van der Waals surface area contributed by atoms with E-state index in [4.69, 9.17) is 0 Å². The number of pyridine rings is 1. The molecule has 3 nitrogen and oxygen atoms in total. The zero-order chi connectivity index (χ0) is 28.4. The molecule has 0 aliphatic rings. The molecule has 0 fully saturated rings. The number of benzene rings is 4. The molecule has 1 radical (unpaired) electrons. The fraction of sp³-hybridized carbons (Fsp3) is 0.132. The van der Waals surface area contributed by atoms with Gasteiger partial charge in [0.05, 0.1) is 5.82 Å². The summed E-state index contributed by atoms with van der Waals surface area (Å²) in [7, 11) is 0. The van der Waals surface area contributed by atoms with Crippen LogP contribution in [0.2, 0.25) is 0 Å². The van der Waals surface area contributed by atoms with Crippen molar-refractivity contribution in [2.75, 3.05) is 0 Å². The molecule has 0 aliphatic heterocycles. The van der Waals surface area contributed by atoms with Crippen LogP contribution in [-0.2, 0) is 32.9 Å². The standard InChI is InChI=1S/C20H18N.C18H15N2.Ir/c1-3-16-14-21-20(13-15(16)2)19-11-9-18(10-12-19)17-7-5-4-6-8-17;1-2-14-12-19-18(20-13-14)17-10-6-9-16(11-17)15-7-4-3-5-8-15;/h4-11,13-14H,3H2,1-2H3;3-9,11-13H,2H2,1H3;/q2*-1;. The molecule has 0 bridgehead atoms. The van der Waals surface area contributed by atoms with Crippen molar-refractivity contribution in [3.63, 3.8) is 0 Å². The van der Waals surface area contributed by atoms with Crippen LogP contribution in [0.4, 0.5) is 0 Å². The largest absolute Gasteiger partial charge is 0.304 e. The van der Waals surface area contributed by atoms with Gasteiger partial charge in [-0.05, 0) is 42.1 Å². The Morgan fingerprint density at radius 2 is 1.26 bits per heavy atom. The van der Waals surface area contributed by atoms with Crippen LogP contribution in [0.5, 0.6) is 0 Å². The van der Waals surface area contributed by atoms with Crippen LogP contribution in [-0.4, -0.2) is 15.0 Å². The van der Waals surface area contributed by atoms with E-state index < -0.39 is 0 Å². The minimum Gasteiger partial charge on any atom is -0.304 e. The van der Waals surface area contributed by atoms with Gasteiger partial charge in [-0.15, -0.1) is 65.2 Å². The van der Waals surface area contributed by atoms with Crippen LogP contribution in [0, 0.1) is 19.1 Å². The third kappa shape index (κ3) is 7.73. The van der Waals surface area contributed by atoms with E-state index in [-0.39, 0.29) is 20.1 Å². The molecule has 0 unspecified atom stereocenters. The molecule has 0 aliphatic carbocycles. The quantitative estimate of drug-likeness (QED) is 0.161. The maximum Gasteiger partial charge on any atom is 0.0748 e. The van der Waals surface area contributed by atoms with E-state index in [1.807, 2.05) is 55.0 Å². The van der Waals surface area contributed by atoms with E-state index in [2.05, 4.69) is 115 Å². The van der Waals surface area contributed by atoms with Gasteiger partial charge in [0.15, 0.2) is 0 Å². The van der Waals surface area contributed by atoms with Crippen LogP contribution in [0.3, 0.4) is 0 Å². The smallest absolute Gasteiger partial charge is 0.0748 e. The summed E-state index contributed by atoms with van der Waals surface area (Å²) in [6, 6.07) is 41.7. The molecule has 2 aromatic heterocycles. The van der Waals surface area contributed by atoms with Gasteiger partial charge in [0.1, 0.15) is 0 Å². The molecular weight excluding hydrogens is 691 g/mol.